The Balaban J connectivity index is 1.40. The Kier molecular flexibility index (Phi) is 6.25. The van der Waals surface area contributed by atoms with E-state index in [1.165, 1.54) is 11.1 Å². The minimum absolute atomic E-state index is 0.220. The molecule has 1 fully saturated rings. The van der Waals surface area contributed by atoms with Crippen LogP contribution in [0.5, 0.6) is 5.75 Å². The molecule has 9 nitrogen and oxygen atoms in total. The van der Waals surface area contributed by atoms with Crippen molar-refractivity contribution in [3.63, 3.8) is 0 Å². The molecule has 9 heteroatoms. The standard InChI is InChI=1S/C23H23N5O4/c24-10-11-25-26-12-15-4-6-16(7-5-15)14-32-20-3-1-2-17-18(20)13-28(23(17)31)19-8-9-21(29)27-22(19)30/h1-7,10-11,19,24,26H,8-9,12-14H2,(H,27,29,30)/b24-10?,25-11-. The number of nitrogens with one attached hydrogen (secondary N) is 3. The van der Waals surface area contributed by atoms with Gasteiger partial charge in [-0.1, -0.05) is 30.3 Å². The molecule has 0 aromatic heterocycles. The number of rotatable bonds is 8. The highest BCUT2D eigenvalue weighted by molar-refractivity contribution is 6.14. The zero-order chi connectivity index (χ0) is 22.5. The first-order valence-corrected chi connectivity index (χ1v) is 10.3. The molecule has 1 unspecified atom stereocenters. The van der Waals surface area contributed by atoms with Crippen molar-refractivity contribution in [2.24, 2.45) is 5.10 Å². The highest BCUT2D eigenvalue weighted by Crippen LogP contribution is 2.33. The zero-order valence-corrected chi connectivity index (χ0v) is 17.3. The van der Waals surface area contributed by atoms with Crippen LogP contribution in [-0.4, -0.2) is 41.1 Å². The van der Waals surface area contributed by atoms with E-state index in [1.807, 2.05) is 30.3 Å². The fraction of sp³-hybridized carbons (Fsp3) is 0.261. The van der Waals surface area contributed by atoms with E-state index in [0.29, 0.717) is 30.9 Å². The molecule has 2 heterocycles. The summed E-state index contributed by atoms with van der Waals surface area (Å²) in [5, 5.41) is 13.1. The van der Waals surface area contributed by atoms with Crippen molar-refractivity contribution in [2.45, 2.75) is 38.6 Å². The smallest absolute Gasteiger partial charge is 0.255 e. The predicted molar refractivity (Wildman–Crippen MR) is 117 cm³/mol. The molecule has 3 amide bonds. The van der Waals surface area contributed by atoms with Gasteiger partial charge in [-0.2, -0.15) is 5.10 Å². The summed E-state index contributed by atoms with van der Waals surface area (Å²) >= 11 is 0. The van der Waals surface area contributed by atoms with E-state index < -0.39 is 11.9 Å². The molecule has 32 heavy (non-hydrogen) atoms. The second kappa shape index (κ2) is 9.42. The number of imide groups is 1. The first-order valence-electron chi connectivity index (χ1n) is 10.3. The fourth-order valence-electron chi connectivity index (χ4n) is 3.83. The number of ether oxygens (including phenoxy) is 1. The molecule has 1 saturated heterocycles. The minimum Gasteiger partial charge on any atom is -0.489 e. The molecule has 3 N–H and O–H groups in total. The van der Waals surface area contributed by atoms with E-state index in [4.69, 9.17) is 10.1 Å². The van der Waals surface area contributed by atoms with E-state index in [0.717, 1.165) is 22.9 Å². The third-order valence-corrected chi connectivity index (χ3v) is 5.48. The van der Waals surface area contributed by atoms with Crippen LogP contribution in [0.15, 0.2) is 47.6 Å². The summed E-state index contributed by atoms with van der Waals surface area (Å²) in [4.78, 5) is 38.1. The summed E-state index contributed by atoms with van der Waals surface area (Å²) < 4.78 is 6.02. The van der Waals surface area contributed by atoms with Gasteiger partial charge >= 0.3 is 0 Å². The third-order valence-electron chi connectivity index (χ3n) is 5.48. The second-order valence-electron chi connectivity index (χ2n) is 7.57. The van der Waals surface area contributed by atoms with E-state index in [9.17, 15) is 14.4 Å². The van der Waals surface area contributed by atoms with Gasteiger partial charge in [-0.15, -0.1) is 0 Å². The normalized spacial score (nSPS) is 17.9. The van der Waals surface area contributed by atoms with Gasteiger partial charge in [0.25, 0.3) is 5.91 Å². The number of fused-ring (bicyclic) bond motifs is 1. The highest BCUT2D eigenvalue weighted by Gasteiger charge is 2.40. The Morgan fingerprint density at radius 2 is 1.94 bits per heavy atom. The van der Waals surface area contributed by atoms with Gasteiger partial charge in [0.05, 0.1) is 19.3 Å². The van der Waals surface area contributed by atoms with Crippen molar-refractivity contribution >= 4 is 30.2 Å². The van der Waals surface area contributed by atoms with E-state index in [-0.39, 0.29) is 24.8 Å². The van der Waals surface area contributed by atoms with Crippen molar-refractivity contribution < 1.29 is 19.1 Å². The lowest BCUT2D eigenvalue weighted by Crippen LogP contribution is -2.52. The molecule has 0 bridgehead atoms. The largest absolute Gasteiger partial charge is 0.489 e. The zero-order valence-electron chi connectivity index (χ0n) is 17.3. The van der Waals surface area contributed by atoms with Gasteiger partial charge in [0.1, 0.15) is 18.4 Å². The van der Waals surface area contributed by atoms with Crippen LogP contribution in [0.4, 0.5) is 0 Å². The number of hydrazone groups is 1. The van der Waals surface area contributed by atoms with Gasteiger partial charge in [-0.25, -0.2) is 0 Å². The summed E-state index contributed by atoms with van der Waals surface area (Å²) in [5.41, 5.74) is 6.15. The summed E-state index contributed by atoms with van der Waals surface area (Å²) in [5.74, 6) is -0.344. The van der Waals surface area contributed by atoms with Crippen molar-refractivity contribution in [1.82, 2.24) is 15.6 Å². The van der Waals surface area contributed by atoms with Gasteiger partial charge in [0, 0.05) is 23.8 Å². The molecule has 2 aliphatic rings. The minimum atomic E-state index is -0.648. The van der Waals surface area contributed by atoms with Crippen molar-refractivity contribution in [3.8, 4) is 5.75 Å². The molecular weight excluding hydrogens is 410 g/mol. The fourth-order valence-corrected chi connectivity index (χ4v) is 3.83. The molecular formula is C23H23N5O4. The Labute approximate surface area is 184 Å². The topological polar surface area (TPSA) is 124 Å². The average Bonchev–Trinajstić information content (AvgIpc) is 3.13. The summed E-state index contributed by atoms with van der Waals surface area (Å²) in [7, 11) is 0. The number of carbonyl (C=O) groups is 3. The van der Waals surface area contributed by atoms with Crippen LogP contribution >= 0.6 is 0 Å². The molecule has 0 aliphatic carbocycles. The highest BCUT2D eigenvalue weighted by atomic mass is 16.5. The quantitative estimate of drug-likeness (QED) is 0.332. The van der Waals surface area contributed by atoms with Crippen molar-refractivity contribution in [2.75, 3.05) is 0 Å². The molecule has 1 atom stereocenters. The SMILES string of the molecule is N=C/C=N\NCc1ccc(COc2cccc3c2CN(C2CCC(=O)NC2=O)C3=O)cc1. The molecule has 164 valence electrons. The van der Waals surface area contributed by atoms with Gasteiger partial charge in [0.15, 0.2) is 0 Å². The number of hydrogen-bond donors (Lipinski definition) is 3. The molecule has 2 aromatic rings. The maximum atomic E-state index is 12.9. The number of amides is 3. The third kappa shape index (κ3) is 4.51. The number of piperidine rings is 1. The molecule has 0 spiro atoms. The van der Waals surface area contributed by atoms with Crippen LogP contribution < -0.4 is 15.5 Å². The lowest BCUT2D eigenvalue weighted by molar-refractivity contribution is -0.136. The number of nitrogens with zero attached hydrogens (tertiary/aromatic N) is 2. The molecule has 0 saturated carbocycles. The van der Waals surface area contributed by atoms with Crippen LogP contribution in [0.25, 0.3) is 0 Å². The van der Waals surface area contributed by atoms with E-state index in [1.54, 1.807) is 12.1 Å². The van der Waals surface area contributed by atoms with Gasteiger partial charge in [0.2, 0.25) is 11.8 Å². The monoisotopic (exact) mass is 433 g/mol. The summed E-state index contributed by atoms with van der Waals surface area (Å²) in [6.07, 6.45) is 3.02. The van der Waals surface area contributed by atoms with E-state index >= 15 is 0 Å². The van der Waals surface area contributed by atoms with Crippen LogP contribution in [0.3, 0.4) is 0 Å². The van der Waals surface area contributed by atoms with Crippen LogP contribution in [0, 0.1) is 5.41 Å². The van der Waals surface area contributed by atoms with Crippen molar-refractivity contribution in [3.05, 3.63) is 64.7 Å². The van der Waals surface area contributed by atoms with Gasteiger partial charge in [-0.3, -0.25) is 19.7 Å². The first kappa shape index (κ1) is 21.2. The lowest BCUT2D eigenvalue weighted by Gasteiger charge is -2.29. The lowest BCUT2D eigenvalue weighted by atomic mass is 10.0. The predicted octanol–water partition coefficient (Wildman–Crippen LogP) is 1.75. The van der Waals surface area contributed by atoms with Crippen LogP contribution in [0.1, 0.15) is 39.9 Å². The molecule has 0 radical (unpaired) electrons. The Morgan fingerprint density at radius 3 is 2.69 bits per heavy atom. The number of benzene rings is 2. The summed E-state index contributed by atoms with van der Waals surface area (Å²) in [6, 6.07) is 12.5. The average molecular weight is 433 g/mol. The van der Waals surface area contributed by atoms with Crippen LogP contribution in [-0.2, 0) is 29.3 Å². The molecule has 4 rings (SSSR count). The van der Waals surface area contributed by atoms with Crippen LogP contribution in [0.2, 0.25) is 0 Å². The first-order chi connectivity index (χ1) is 15.6. The van der Waals surface area contributed by atoms with E-state index in [2.05, 4.69) is 15.8 Å². The Bertz CT molecular complexity index is 1080. The maximum absolute atomic E-state index is 12.9. The Morgan fingerprint density at radius 1 is 1.16 bits per heavy atom. The second-order valence-corrected chi connectivity index (χ2v) is 7.57. The summed E-state index contributed by atoms with van der Waals surface area (Å²) in [6.45, 7) is 1.16. The number of carbonyl (C=O) groups excluding carboxylic acids is 3. The molecule has 2 aromatic carbocycles. The van der Waals surface area contributed by atoms with Gasteiger partial charge < -0.3 is 20.5 Å². The van der Waals surface area contributed by atoms with Crippen molar-refractivity contribution in [1.29, 1.82) is 5.41 Å². The number of hydrogen-bond acceptors (Lipinski definition) is 7. The van der Waals surface area contributed by atoms with Gasteiger partial charge in [-0.05, 0) is 29.7 Å². The maximum Gasteiger partial charge on any atom is 0.255 e. The molecule has 2 aliphatic heterocycles. The Hall–Kier alpha value is -4.01.